The summed E-state index contributed by atoms with van der Waals surface area (Å²) in [5, 5.41) is 5.15. The lowest BCUT2D eigenvalue weighted by Gasteiger charge is -2.36. The topological polar surface area (TPSA) is 46.3 Å². The van der Waals surface area contributed by atoms with Crippen LogP contribution in [0.25, 0.3) is 11.1 Å². The standard InChI is InChI=1S/C23H22Cl2N2O2/c1-13-23(15(3)29-26-13)18-7-4-6-16-14(2)27(11-10-17(16)18)22(28)12-19-20(24)8-5-9-21(19)25/h4-9,14H,10-12H2,1-3H3. The third-order valence-corrected chi connectivity index (χ3v) is 6.45. The van der Waals surface area contributed by atoms with Crippen molar-refractivity contribution in [2.75, 3.05) is 6.54 Å². The molecule has 3 aromatic rings. The number of nitrogens with zero attached hydrogens (tertiary/aromatic N) is 2. The fourth-order valence-corrected chi connectivity index (χ4v) is 4.80. The van der Waals surface area contributed by atoms with Gasteiger partial charge in [0.15, 0.2) is 0 Å². The predicted octanol–water partition coefficient (Wildman–Crippen LogP) is 5.95. The smallest absolute Gasteiger partial charge is 0.227 e. The van der Waals surface area contributed by atoms with Gasteiger partial charge in [-0.15, -0.1) is 0 Å². The second kappa shape index (κ2) is 7.85. The molecule has 4 nitrogen and oxygen atoms in total. The van der Waals surface area contributed by atoms with Crippen LogP contribution in [0.2, 0.25) is 10.0 Å². The van der Waals surface area contributed by atoms with Gasteiger partial charge in [0.25, 0.3) is 0 Å². The highest BCUT2D eigenvalue weighted by atomic mass is 35.5. The molecule has 0 bridgehead atoms. The van der Waals surface area contributed by atoms with Crippen LogP contribution in [0.3, 0.4) is 0 Å². The number of carbonyl (C=O) groups is 1. The summed E-state index contributed by atoms with van der Waals surface area (Å²) in [7, 11) is 0. The van der Waals surface area contributed by atoms with Gasteiger partial charge in [0.2, 0.25) is 5.91 Å². The normalized spacial score (nSPS) is 16.0. The van der Waals surface area contributed by atoms with Crippen molar-refractivity contribution in [2.24, 2.45) is 0 Å². The molecule has 0 fully saturated rings. The summed E-state index contributed by atoms with van der Waals surface area (Å²) in [6.07, 6.45) is 0.976. The van der Waals surface area contributed by atoms with Crippen LogP contribution in [0.15, 0.2) is 40.9 Å². The molecule has 1 aliphatic heterocycles. The highest BCUT2D eigenvalue weighted by Gasteiger charge is 2.30. The first-order valence-electron chi connectivity index (χ1n) is 9.66. The van der Waals surface area contributed by atoms with Gasteiger partial charge in [0.05, 0.1) is 18.2 Å². The molecule has 0 radical (unpaired) electrons. The van der Waals surface area contributed by atoms with E-state index in [1.165, 1.54) is 5.56 Å². The Morgan fingerprint density at radius 2 is 1.86 bits per heavy atom. The van der Waals surface area contributed by atoms with E-state index in [0.717, 1.165) is 34.6 Å². The molecular formula is C23H22Cl2N2O2. The minimum absolute atomic E-state index is 0.0286. The Bertz CT molecular complexity index is 1050. The molecule has 1 aliphatic rings. The van der Waals surface area contributed by atoms with Gasteiger partial charge >= 0.3 is 0 Å². The first kappa shape index (κ1) is 20.0. The van der Waals surface area contributed by atoms with Crippen LogP contribution < -0.4 is 0 Å². The van der Waals surface area contributed by atoms with Gasteiger partial charge < -0.3 is 9.42 Å². The third-order valence-electron chi connectivity index (χ3n) is 5.75. The van der Waals surface area contributed by atoms with Crippen LogP contribution in [-0.2, 0) is 17.6 Å². The summed E-state index contributed by atoms with van der Waals surface area (Å²) in [5.74, 6) is 0.844. The molecule has 1 aromatic heterocycles. The lowest BCUT2D eigenvalue weighted by molar-refractivity contribution is -0.133. The Kier molecular flexibility index (Phi) is 5.41. The number of hydrogen-bond donors (Lipinski definition) is 0. The molecule has 1 atom stereocenters. The Labute approximate surface area is 180 Å². The average Bonchev–Trinajstić information content (AvgIpc) is 3.03. The minimum atomic E-state index is -0.0343. The van der Waals surface area contributed by atoms with Gasteiger partial charge in [-0.1, -0.05) is 52.6 Å². The predicted molar refractivity (Wildman–Crippen MR) is 115 cm³/mol. The summed E-state index contributed by atoms with van der Waals surface area (Å²) in [4.78, 5) is 15.0. The molecule has 29 heavy (non-hydrogen) atoms. The third kappa shape index (κ3) is 3.56. The van der Waals surface area contributed by atoms with E-state index in [9.17, 15) is 4.79 Å². The zero-order valence-corrected chi connectivity index (χ0v) is 18.1. The van der Waals surface area contributed by atoms with Gasteiger partial charge in [-0.3, -0.25) is 4.79 Å². The van der Waals surface area contributed by atoms with Crippen molar-refractivity contribution in [3.63, 3.8) is 0 Å². The van der Waals surface area contributed by atoms with Gasteiger partial charge in [-0.25, -0.2) is 0 Å². The van der Waals surface area contributed by atoms with Gasteiger partial charge in [0.1, 0.15) is 5.76 Å². The molecule has 0 spiro atoms. The van der Waals surface area contributed by atoms with Crippen molar-refractivity contribution in [2.45, 2.75) is 39.7 Å². The van der Waals surface area contributed by atoms with Crippen LogP contribution in [0.1, 0.15) is 41.1 Å². The molecule has 0 saturated heterocycles. The number of fused-ring (bicyclic) bond motifs is 1. The van der Waals surface area contributed by atoms with E-state index in [0.29, 0.717) is 22.2 Å². The summed E-state index contributed by atoms with van der Waals surface area (Å²) >= 11 is 12.5. The van der Waals surface area contributed by atoms with Crippen molar-refractivity contribution in [1.29, 1.82) is 0 Å². The van der Waals surface area contributed by atoms with Crippen LogP contribution in [-0.4, -0.2) is 22.5 Å². The maximum absolute atomic E-state index is 13.1. The van der Waals surface area contributed by atoms with Crippen LogP contribution >= 0.6 is 23.2 Å². The van der Waals surface area contributed by atoms with E-state index in [1.54, 1.807) is 18.2 Å². The van der Waals surface area contributed by atoms with Crippen molar-refractivity contribution in [3.8, 4) is 11.1 Å². The Morgan fingerprint density at radius 3 is 2.52 bits per heavy atom. The molecule has 2 aromatic carbocycles. The lowest BCUT2D eigenvalue weighted by Crippen LogP contribution is -2.40. The molecule has 0 aliphatic carbocycles. The number of carbonyl (C=O) groups excluding carboxylic acids is 1. The number of amides is 1. The number of aromatic nitrogens is 1. The lowest BCUT2D eigenvalue weighted by atomic mass is 9.86. The molecule has 0 saturated carbocycles. The van der Waals surface area contributed by atoms with Gasteiger partial charge in [-0.05, 0) is 61.6 Å². The quantitative estimate of drug-likeness (QED) is 0.517. The van der Waals surface area contributed by atoms with Gasteiger partial charge in [0, 0.05) is 22.2 Å². The Hall–Kier alpha value is -2.30. The van der Waals surface area contributed by atoms with Crippen molar-refractivity contribution in [1.82, 2.24) is 10.1 Å². The van der Waals surface area contributed by atoms with E-state index in [1.807, 2.05) is 24.8 Å². The summed E-state index contributed by atoms with van der Waals surface area (Å²) in [5.41, 5.74) is 6.18. The average molecular weight is 429 g/mol. The van der Waals surface area contributed by atoms with Crippen molar-refractivity contribution in [3.05, 3.63) is 74.6 Å². The molecule has 4 rings (SSSR count). The monoisotopic (exact) mass is 428 g/mol. The largest absolute Gasteiger partial charge is 0.361 e. The van der Waals surface area contributed by atoms with E-state index in [-0.39, 0.29) is 18.4 Å². The molecule has 1 amide bonds. The number of benzene rings is 2. The minimum Gasteiger partial charge on any atom is -0.361 e. The SMILES string of the molecule is Cc1noc(C)c1-c1cccc2c1CCN(C(=O)Cc1c(Cl)cccc1Cl)C2C. The maximum Gasteiger partial charge on any atom is 0.227 e. The molecule has 150 valence electrons. The van der Waals surface area contributed by atoms with Crippen LogP contribution in [0.5, 0.6) is 0 Å². The fraction of sp³-hybridized carbons (Fsp3) is 0.304. The number of aryl methyl sites for hydroxylation is 2. The highest BCUT2D eigenvalue weighted by Crippen LogP contribution is 2.38. The molecule has 2 heterocycles. The molecule has 0 N–H and O–H groups in total. The van der Waals surface area contributed by atoms with Crippen molar-refractivity contribution >= 4 is 29.1 Å². The number of hydrogen-bond acceptors (Lipinski definition) is 3. The van der Waals surface area contributed by atoms with Crippen molar-refractivity contribution < 1.29 is 9.32 Å². The van der Waals surface area contributed by atoms with Crippen LogP contribution in [0, 0.1) is 13.8 Å². The number of rotatable bonds is 3. The molecule has 1 unspecified atom stereocenters. The summed E-state index contributed by atoms with van der Waals surface area (Å²) in [6.45, 7) is 6.61. The second-order valence-corrected chi connectivity index (χ2v) is 8.28. The number of halogens is 2. The second-order valence-electron chi connectivity index (χ2n) is 7.46. The van der Waals surface area contributed by atoms with Crippen LogP contribution in [0.4, 0.5) is 0 Å². The summed E-state index contributed by atoms with van der Waals surface area (Å²) in [6, 6.07) is 11.5. The molecular weight excluding hydrogens is 407 g/mol. The van der Waals surface area contributed by atoms with Gasteiger partial charge in [-0.2, -0.15) is 0 Å². The fourth-order valence-electron chi connectivity index (χ4n) is 4.27. The first-order valence-corrected chi connectivity index (χ1v) is 10.4. The van der Waals surface area contributed by atoms with E-state index in [4.69, 9.17) is 27.7 Å². The van der Waals surface area contributed by atoms with E-state index in [2.05, 4.69) is 24.2 Å². The van der Waals surface area contributed by atoms with E-state index < -0.39 is 0 Å². The Balaban J connectivity index is 1.65. The highest BCUT2D eigenvalue weighted by molar-refractivity contribution is 6.36. The van der Waals surface area contributed by atoms with E-state index >= 15 is 0 Å². The zero-order chi connectivity index (χ0) is 20.7. The summed E-state index contributed by atoms with van der Waals surface area (Å²) < 4.78 is 5.38. The first-order chi connectivity index (χ1) is 13.9. The molecule has 6 heteroatoms. The maximum atomic E-state index is 13.1. The zero-order valence-electron chi connectivity index (χ0n) is 16.6. The Morgan fingerprint density at radius 1 is 1.17 bits per heavy atom.